The van der Waals surface area contributed by atoms with Gasteiger partial charge in [-0.3, -0.25) is 0 Å². The van der Waals surface area contributed by atoms with Gasteiger partial charge in [0.1, 0.15) is 0 Å². The summed E-state index contributed by atoms with van der Waals surface area (Å²) in [4.78, 5) is 2.40. The van der Waals surface area contributed by atoms with Crippen LogP contribution in [0.25, 0.3) is 54.9 Å². The first-order valence-electron chi connectivity index (χ1n) is 15.6. The summed E-state index contributed by atoms with van der Waals surface area (Å²) in [5, 5.41) is 5.11. The smallest absolute Gasteiger partial charge is 0.0468 e. The highest BCUT2D eigenvalue weighted by Crippen LogP contribution is 2.51. The van der Waals surface area contributed by atoms with E-state index >= 15 is 0 Å². The summed E-state index contributed by atoms with van der Waals surface area (Å²) in [6.07, 6.45) is 0. The molecule has 0 saturated heterocycles. The molecule has 0 fully saturated rings. The van der Waals surface area contributed by atoms with Crippen LogP contribution in [0, 0.1) is 13.8 Å². The summed E-state index contributed by atoms with van der Waals surface area (Å²) >= 11 is 0. The summed E-state index contributed by atoms with van der Waals surface area (Å²) in [5.74, 6) is 0.503. The fourth-order valence-electron chi connectivity index (χ4n) is 6.90. The van der Waals surface area contributed by atoms with E-state index in [0.29, 0.717) is 5.92 Å². The average molecular weight is 566 g/mol. The predicted octanol–water partition coefficient (Wildman–Crippen LogP) is 12.5. The third-order valence-electron chi connectivity index (χ3n) is 9.17. The maximum atomic E-state index is 2.40. The Kier molecular flexibility index (Phi) is 6.17. The lowest BCUT2D eigenvalue weighted by Crippen LogP contribution is -2.10. The van der Waals surface area contributed by atoms with Crippen LogP contribution < -0.4 is 4.90 Å². The molecule has 0 spiro atoms. The molecule has 7 aromatic rings. The van der Waals surface area contributed by atoms with Crippen molar-refractivity contribution in [2.45, 2.75) is 33.6 Å². The Bertz CT molecular complexity index is 2180. The van der Waals surface area contributed by atoms with E-state index in [9.17, 15) is 0 Å². The maximum Gasteiger partial charge on any atom is 0.0468 e. The highest BCUT2D eigenvalue weighted by Gasteiger charge is 2.24. The molecule has 0 bridgehead atoms. The minimum Gasteiger partial charge on any atom is -0.310 e. The van der Waals surface area contributed by atoms with Gasteiger partial charge in [0.15, 0.2) is 0 Å². The van der Waals surface area contributed by atoms with E-state index in [0.717, 1.165) is 0 Å². The molecule has 1 heteroatoms. The van der Waals surface area contributed by atoms with E-state index in [-0.39, 0.29) is 0 Å². The number of aryl methyl sites for hydroxylation is 2. The number of nitrogens with zero attached hydrogens (tertiary/aromatic N) is 1. The number of anilines is 3. The summed E-state index contributed by atoms with van der Waals surface area (Å²) in [5.41, 5.74) is 15.3. The van der Waals surface area contributed by atoms with Crippen LogP contribution in [0.15, 0.2) is 133 Å². The zero-order valence-corrected chi connectivity index (χ0v) is 25.7. The Morgan fingerprint density at radius 2 is 0.955 bits per heavy atom. The van der Waals surface area contributed by atoms with Crippen LogP contribution in [-0.2, 0) is 0 Å². The third kappa shape index (κ3) is 4.48. The van der Waals surface area contributed by atoms with Gasteiger partial charge in [0.25, 0.3) is 0 Å². The topological polar surface area (TPSA) is 3.24 Å². The second kappa shape index (κ2) is 10.2. The van der Waals surface area contributed by atoms with Gasteiger partial charge in [-0.05, 0) is 158 Å². The molecule has 44 heavy (non-hydrogen) atoms. The fourth-order valence-corrected chi connectivity index (χ4v) is 6.90. The van der Waals surface area contributed by atoms with Crippen molar-refractivity contribution in [3.63, 3.8) is 0 Å². The first kappa shape index (κ1) is 26.5. The normalized spacial score (nSPS) is 11.8. The second-order valence-corrected chi connectivity index (χ2v) is 12.7. The molecule has 0 N–H and O–H groups in total. The Morgan fingerprint density at radius 1 is 0.409 bits per heavy atom. The highest BCUT2D eigenvalue weighted by atomic mass is 15.1. The highest BCUT2D eigenvalue weighted by molar-refractivity contribution is 6.12. The van der Waals surface area contributed by atoms with Gasteiger partial charge in [-0.1, -0.05) is 80.6 Å². The number of fused-ring (bicyclic) bond motifs is 6. The maximum absolute atomic E-state index is 2.40. The Balaban J connectivity index is 1.21. The summed E-state index contributed by atoms with van der Waals surface area (Å²) in [6, 6.07) is 49.8. The van der Waals surface area contributed by atoms with Crippen molar-refractivity contribution in [2.24, 2.45) is 0 Å². The number of hydrogen-bond acceptors (Lipinski definition) is 1. The molecule has 0 radical (unpaired) electrons. The summed E-state index contributed by atoms with van der Waals surface area (Å²) in [7, 11) is 0. The van der Waals surface area contributed by atoms with Gasteiger partial charge >= 0.3 is 0 Å². The van der Waals surface area contributed by atoms with Gasteiger partial charge in [0.05, 0.1) is 0 Å². The van der Waals surface area contributed by atoms with E-state index < -0.39 is 0 Å². The van der Waals surface area contributed by atoms with Crippen LogP contribution >= 0.6 is 0 Å². The van der Waals surface area contributed by atoms with Gasteiger partial charge in [-0.25, -0.2) is 0 Å². The minimum absolute atomic E-state index is 0.503. The fraction of sp³-hybridized carbons (Fsp3) is 0.116. The van der Waals surface area contributed by atoms with E-state index in [1.165, 1.54) is 88.7 Å². The molecule has 0 atom stereocenters. The van der Waals surface area contributed by atoms with Crippen LogP contribution in [0.3, 0.4) is 0 Å². The molecule has 7 aromatic carbocycles. The number of rotatable bonds is 5. The van der Waals surface area contributed by atoms with E-state index in [1.54, 1.807) is 0 Å². The molecule has 0 heterocycles. The van der Waals surface area contributed by atoms with Gasteiger partial charge in [0.2, 0.25) is 0 Å². The number of hydrogen-bond donors (Lipinski definition) is 0. The summed E-state index contributed by atoms with van der Waals surface area (Å²) in [6.45, 7) is 8.86. The first-order valence-corrected chi connectivity index (χ1v) is 15.6. The van der Waals surface area contributed by atoms with Crippen molar-refractivity contribution in [2.75, 3.05) is 4.90 Å². The van der Waals surface area contributed by atoms with Crippen LogP contribution in [0.5, 0.6) is 0 Å². The zero-order valence-electron chi connectivity index (χ0n) is 25.7. The SMILES string of the molecule is Cc1cc(C)cc(N(c2ccc(C(C)C)cc2)c2ccc3cc4c(cc3c2)-c2cc3ccc(-c5ccccc5)cc3cc2-4)c1. The molecule has 0 unspecified atom stereocenters. The van der Waals surface area contributed by atoms with E-state index in [2.05, 4.69) is 166 Å². The van der Waals surface area contributed by atoms with Crippen molar-refractivity contribution >= 4 is 38.6 Å². The Morgan fingerprint density at radius 3 is 1.57 bits per heavy atom. The van der Waals surface area contributed by atoms with Gasteiger partial charge < -0.3 is 4.90 Å². The molecule has 8 rings (SSSR count). The lowest BCUT2D eigenvalue weighted by atomic mass is 9.77. The van der Waals surface area contributed by atoms with Crippen molar-refractivity contribution in [3.8, 4) is 33.4 Å². The van der Waals surface area contributed by atoms with Crippen LogP contribution in [-0.4, -0.2) is 0 Å². The van der Waals surface area contributed by atoms with E-state index in [1.807, 2.05) is 0 Å². The Hall–Kier alpha value is -5.14. The van der Waals surface area contributed by atoms with Crippen LogP contribution in [0.2, 0.25) is 0 Å². The molecule has 212 valence electrons. The van der Waals surface area contributed by atoms with Crippen molar-refractivity contribution in [3.05, 3.63) is 150 Å². The minimum atomic E-state index is 0.503. The molecule has 1 aliphatic carbocycles. The molecule has 1 nitrogen and oxygen atoms in total. The van der Waals surface area contributed by atoms with Crippen LogP contribution in [0.4, 0.5) is 17.1 Å². The number of benzene rings is 7. The molecule has 0 saturated carbocycles. The van der Waals surface area contributed by atoms with E-state index in [4.69, 9.17) is 0 Å². The standard InChI is InChI=1S/C43H35N/c1-27(2)30-12-15-37(16-13-30)44(39-19-28(3)18-29(4)20-39)38-17-14-34-24-41-42-25-35-21-32(31-8-6-5-7-9-31)10-11-33(35)23-40(42)43(41)26-36(34)22-38/h5-27H,1-4H3. The predicted molar refractivity (Wildman–Crippen MR) is 190 cm³/mol. The quantitative estimate of drug-likeness (QED) is 0.201. The van der Waals surface area contributed by atoms with Crippen molar-refractivity contribution in [1.82, 2.24) is 0 Å². The largest absolute Gasteiger partial charge is 0.310 e. The van der Waals surface area contributed by atoms with Gasteiger partial charge in [-0.15, -0.1) is 0 Å². The Labute approximate surface area is 260 Å². The molecule has 0 amide bonds. The lowest BCUT2D eigenvalue weighted by molar-refractivity contribution is 0.866. The first-order chi connectivity index (χ1) is 21.4. The van der Waals surface area contributed by atoms with Crippen LogP contribution in [0.1, 0.15) is 36.5 Å². The van der Waals surface area contributed by atoms with Crippen molar-refractivity contribution in [1.29, 1.82) is 0 Å². The zero-order chi connectivity index (χ0) is 29.9. The monoisotopic (exact) mass is 565 g/mol. The third-order valence-corrected chi connectivity index (χ3v) is 9.17. The van der Waals surface area contributed by atoms with Gasteiger partial charge in [-0.2, -0.15) is 0 Å². The summed E-state index contributed by atoms with van der Waals surface area (Å²) < 4.78 is 0. The molecular weight excluding hydrogens is 530 g/mol. The average Bonchev–Trinajstić information content (AvgIpc) is 3.03. The molecule has 0 aromatic heterocycles. The molecule has 0 aliphatic heterocycles. The second-order valence-electron chi connectivity index (χ2n) is 12.7. The van der Waals surface area contributed by atoms with Crippen molar-refractivity contribution < 1.29 is 0 Å². The van der Waals surface area contributed by atoms with Gasteiger partial charge in [0, 0.05) is 17.1 Å². The molecule has 1 aliphatic rings. The lowest BCUT2D eigenvalue weighted by Gasteiger charge is -2.28. The molecular formula is C43H35N.